The molecule has 5 rings (SSSR count). The molecule has 1 aromatic heterocycles. The highest BCUT2D eigenvalue weighted by Crippen LogP contribution is 2.42. The summed E-state index contributed by atoms with van der Waals surface area (Å²) in [5.74, 6) is 2.44. The number of halogens is 2. The van der Waals surface area contributed by atoms with E-state index in [-0.39, 0.29) is 23.1 Å². The van der Waals surface area contributed by atoms with Gasteiger partial charge < -0.3 is 9.47 Å². The summed E-state index contributed by atoms with van der Waals surface area (Å²) in [6, 6.07) is 7.07. The van der Waals surface area contributed by atoms with E-state index < -0.39 is 0 Å². The van der Waals surface area contributed by atoms with Gasteiger partial charge in [0, 0.05) is 16.7 Å². The van der Waals surface area contributed by atoms with Gasteiger partial charge in [-0.15, -0.1) is 11.3 Å². The lowest BCUT2D eigenvalue weighted by atomic mass is 9.81. The van der Waals surface area contributed by atoms with E-state index in [1.54, 1.807) is 12.1 Å². The minimum atomic E-state index is -0.389. The summed E-state index contributed by atoms with van der Waals surface area (Å²) in [5, 5.41) is 1.46. The van der Waals surface area contributed by atoms with Crippen LogP contribution in [0.5, 0.6) is 11.5 Å². The van der Waals surface area contributed by atoms with Crippen molar-refractivity contribution < 1.29 is 18.3 Å². The van der Waals surface area contributed by atoms with E-state index in [4.69, 9.17) is 9.47 Å². The normalized spacial score (nSPS) is 18.7. The predicted molar refractivity (Wildman–Crippen MR) is 128 cm³/mol. The molecular weight excluding hydrogens is 426 g/mol. The van der Waals surface area contributed by atoms with Crippen LogP contribution in [0.4, 0.5) is 8.78 Å². The van der Waals surface area contributed by atoms with Crippen molar-refractivity contribution in [2.45, 2.75) is 64.7 Å². The standard InChI is InChI=1S/C27H31F2O2S/c1-2-17-7-9-19(10-8-17)16-31-23-14-12-21-20-11-13-22(30-15-18-5-3-4-6-18)24(28)26(20)32-27(21)25(23)29/h11-14,17-18H,2-10,15-16H2,1H3. The Labute approximate surface area is 192 Å². The minimum Gasteiger partial charge on any atom is -0.490 e. The first-order chi connectivity index (χ1) is 15.6. The van der Waals surface area contributed by atoms with Crippen molar-refractivity contribution in [2.24, 2.45) is 11.8 Å². The average Bonchev–Trinajstić information content (AvgIpc) is 3.47. The Morgan fingerprint density at radius 3 is 2.00 bits per heavy atom. The summed E-state index contributed by atoms with van der Waals surface area (Å²) < 4.78 is 43.1. The van der Waals surface area contributed by atoms with Crippen LogP contribution in [0.2, 0.25) is 0 Å². The number of ether oxygens (including phenoxy) is 2. The lowest BCUT2D eigenvalue weighted by Crippen LogP contribution is -2.18. The maximum atomic E-state index is 15.3. The van der Waals surface area contributed by atoms with Crippen LogP contribution < -0.4 is 9.47 Å². The van der Waals surface area contributed by atoms with Gasteiger partial charge in [-0.2, -0.15) is 0 Å². The molecule has 0 unspecified atom stereocenters. The largest absolute Gasteiger partial charge is 0.490 e. The number of fused-ring (bicyclic) bond motifs is 3. The Hall–Kier alpha value is -1.88. The van der Waals surface area contributed by atoms with Crippen LogP contribution in [0.1, 0.15) is 64.7 Å². The predicted octanol–water partition coefficient (Wildman–Crippen LogP) is 8.46. The third-order valence-electron chi connectivity index (χ3n) is 7.39. The average molecular weight is 458 g/mol. The third-order valence-corrected chi connectivity index (χ3v) is 8.59. The van der Waals surface area contributed by atoms with Gasteiger partial charge in [-0.05, 0) is 74.6 Å². The van der Waals surface area contributed by atoms with Crippen LogP contribution in [0, 0.1) is 29.4 Å². The van der Waals surface area contributed by atoms with Gasteiger partial charge in [0.2, 0.25) is 0 Å². The topological polar surface area (TPSA) is 18.5 Å². The lowest BCUT2D eigenvalue weighted by molar-refractivity contribution is 0.243. The Kier molecular flexibility index (Phi) is 6.54. The SMILES string of the molecule is CCC1CC[C](COc2ccc3c(sc4c(F)c(OCC5CCCC5)ccc43)c2F)CC1. The van der Waals surface area contributed by atoms with Gasteiger partial charge in [-0.3, -0.25) is 0 Å². The van der Waals surface area contributed by atoms with Crippen molar-refractivity contribution in [3.63, 3.8) is 0 Å². The first-order valence-corrected chi connectivity index (χ1v) is 12.9. The van der Waals surface area contributed by atoms with Gasteiger partial charge in [0.15, 0.2) is 23.1 Å². The fraction of sp³-hybridized carbons (Fsp3) is 0.519. The molecule has 0 aliphatic heterocycles. The molecule has 32 heavy (non-hydrogen) atoms. The van der Waals surface area contributed by atoms with E-state index in [2.05, 4.69) is 6.92 Å². The second-order valence-electron chi connectivity index (χ2n) is 9.46. The minimum absolute atomic E-state index is 0.257. The third kappa shape index (κ3) is 4.33. The van der Waals surface area contributed by atoms with Gasteiger partial charge in [-0.1, -0.05) is 26.2 Å². The van der Waals surface area contributed by atoms with Crippen molar-refractivity contribution in [3.8, 4) is 11.5 Å². The molecule has 1 heterocycles. The van der Waals surface area contributed by atoms with Crippen LogP contribution in [0.15, 0.2) is 24.3 Å². The van der Waals surface area contributed by atoms with E-state index in [1.165, 1.54) is 38.0 Å². The van der Waals surface area contributed by atoms with Crippen LogP contribution >= 0.6 is 11.3 Å². The molecule has 0 saturated heterocycles. The van der Waals surface area contributed by atoms with Crippen molar-refractivity contribution in [1.29, 1.82) is 0 Å². The highest BCUT2D eigenvalue weighted by molar-refractivity contribution is 7.25. The van der Waals surface area contributed by atoms with Crippen LogP contribution in [-0.2, 0) is 0 Å². The molecule has 5 heteroatoms. The monoisotopic (exact) mass is 457 g/mol. The molecule has 3 aromatic rings. The number of thiophene rings is 1. The molecule has 2 fully saturated rings. The van der Waals surface area contributed by atoms with Gasteiger partial charge in [-0.25, -0.2) is 8.78 Å². The van der Waals surface area contributed by atoms with E-state index in [1.807, 2.05) is 12.1 Å². The molecule has 171 valence electrons. The summed E-state index contributed by atoms with van der Waals surface area (Å²) >= 11 is 1.15. The van der Waals surface area contributed by atoms with Crippen molar-refractivity contribution >= 4 is 31.5 Å². The number of hydrogen-bond donors (Lipinski definition) is 0. The summed E-state index contributed by atoms with van der Waals surface area (Å²) in [6.07, 6.45) is 10.5. The Bertz CT molecular complexity index is 1080. The van der Waals surface area contributed by atoms with Crippen molar-refractivity contribution in [3.05, 3.63) is 41.8 Å². The van der Waals surface area contributed by atoms with Gasteiger partial charge >= 0.3 is 0 Å². The fourth-order valence-corrected chi connectivity index (χ4v) is 6.39. The zero-order valence-corrected chi connectivity index (χ0v) is 19.5. The highest BCUT2D eigenvalue weighted by Gasteiger charge is 2.23. The van der Waals surface area contributed by atoms with Crippen LogP contribution in [0.3, 0.4) is 0 Å². The summed E-state index contributed by atoms with van der Waals surface area (Å²) in [6.45, 7) is 3.27. The smallest absolute Gasteiger partial charge is 0.182 e. The molecule has 2 nitrogen and oxygen atoms in total. The second kappa shape index (κ2) is 9.54. The zero-order chi connectivity index (χ0) is 22.1. The lowest BCUT2D eigenvalue weighted by Gasteiger charge is -2.27. The molecule has 0 spiro atoms. The Morgan fingerprint density at radius 2 is 1.41 bits per heavy atom. The van der Waals surface area contributed by atoms with Gasteiger partial charge in [0.05, 0.1) is 22.6 Å². The molecule has 2 aromatic carbocycles. The number of rotatable bonds is 7. The fourth-order valence-electron chi connectivity index (χ4n) is 5.23. The quantitative estimate of drug-likeness (QED) is 0.354. The molecule has 0 amide bonds. The first-order valence-electron chi connectivity index (χ1n) is 12.1. The molecule has 2 saturated carbocycles. The van der Waals surface area contributed by atoms with E-state index >= 15 is 8.78 Å². The summed E-state index contributed by atoms with van der Waals surface area (Å²) in [5.41, 5.74) is 0. The van der Waals surface area contributed by atoms with E-state index in [0.717, 1.165) is 53.7 Å². The number of hydrogen-bond acceptors (Lipinski definition) is 3. The number of benzene rings is 2. The van der Waals surface area contributed by atoms with Crippen LogP contribution in [-0.4, -0.2) is 13.2 Å². The molecular formula is C27H31F2O2S. The molecule has 1 radical (unpaired) electrons. The van der Waals surface area contributed by atoms with Crippen LogP contribution in [0.25, 0.3) is 20.2 Å². The summed E-state index contributed by atoms with van der Waals surface area (Å²) in [4.78, 5) is 0. The Balaban J connectivity index is 1.34. The van der Waals surface area contributed by atoms with Gasteiger partial charge in [0.25, 0.3) is 0 Å². The van der Waals surface area contributed by atoms with Crippen molar-refractivity contribution in [2.75, 3.05) is 13.2 Å². The molecule has 0 atom stereocenters. The zero-order valence-electron chi connectivity index (χ0n) is 18.7. The maximum Gasteiger partial charge on any atom is 0.182 e. The highest BCUT2D eigenvalue weighted by atomic mass is 32.1. The Morgan fingerprint density at radius 1 is 0.812 bits per heavy atom. The first kappa shape index (κ1) is 21.9. The molecule has 2 aliphatic carbocycles. The van der Waals surface area contributed by atoms with E-state index in [0.29, 0.717) is 28.5 Å². The van der Waals surface area contributed by atoms with Crippen molar-refractivity contribution in [1.82, 2.24) is 0 Å². The van der Waals surface area contributed by atoms with Gasteiger partial charge in [0.1, 0.15) is 0 Å². The second-order valence-corrected chi connectivity index (χ2v) is 10.5. The molecule has 2 aliphatic rings. The molecule has 0 bridgehead atoms. The maximum absolute atomic E-state index is 15.3. The summed E-state index contributed by atoms with van der Waals surface area (Å²) in [7, 11) is 0. The van der Waals surface area contributed by atoms with E-state index in [9.17, 15) is 0 Å². The molecule has 0 N–H and O–H groups in total.